The van der Waals surface area contributed by atoms with Crippen LogP contribution in [0.2, 0.25) is 0 Å². The van der Waals surface area contributed by atoms with Crippen molar-refractivity contribution in [2.75, 3.05) is 24.9 Å². The Morgan fingerprint density at radius 3 is 2.59 bits per heavy atom. The summed E-state index contributed by atoms with van der Waals surface area (Å²) in [5, 5.41) is 0. The lowest BCUT2D eigenvalue weighted by atomic mass is 9.96. The third-order valence-electron chi connectivity index (χ3n) is 3.05. The molecule has 0 bridgehead atoms. The van der Waals surface area contributed by atoms with Gasteiger partial charge in [0.1, 0.15) is 0 Å². The van der Waals surface area contributed by atoms with Crippen LogP contribution in [0.3, 0.4) is 0 Å². The Morgan fingerprint density at radius 1 is 1.29 bits per heavy atom. The van der Waals surface area contributed by atoms with Crippen molar-refractivity contribution in [1.29, 1.82) is 0 Å². The molecule has 1 unspecified atom stereocenters. The second-order valence-electron chi connectivity index (χ2n) is 4.76. The molecule has 0 spiro atoms. The van der Waals surface area contributed by atoms with Gasteiger partial charge >= 0.3 is 10.2 Å². The minimum atomic E-state index is -3.38. The maximum absolute atomic E-state index is 12.2. The van der Waals surface area contributed by atoms with Gasteiger partial charge in [-0.2, -0.15) is 12.7 Å². The molecule has 5 heteroatoms. The maximum Gasteiger partial charge on any atom is 0.303 e. The van der Waals surface area contributed by atoms with E-state index in [1.165, 1.54) is 8.61 Å². The minimum Gasteiger partial charge on any atom is -0.257 e. The Bertz CT molecular complexity index is 511. The van der Waals surface area contributed by atoms with E-state index in [1.54, 1.807) is 14.1 Å². The first-order chi connectivity index (χ1) is 7.93. The summed E-state index contributed by atoms with van der Waals surface area (Å²) in [5.41, 5.74) is 1.93. The first-order valence-corrected chi connectivity index (χ1v) is 7.10. The molecule has 0 radical (unpaired) electrons. The molecule has 0 amide bonds. The first kappa shape index (κ1) is 12.4. The van der Waals surface area contributed by atoms with Gasteiger partial charge in [-0.05, 0) is 24.0 Å². The molecule has 4 nitrogen and oxygen atoms in total. The summed E-state index contributed by atoms with van der Waals surface area (Å²) in [6, 6.07) is 7.72. The molecule has 17 heavy (non-hydrogen) atoms. The molecule has 0 fully saturated rings. The van der Waals surface area contributed by atoms with E-state index in [0.29, 0.717) is 12.5 Å². The molecule has 1 aliphatic heterocycles. The molecule has 0 N–H and O–H groups in total. The van der Waals surface area contributed by atoms with Crippen molar-refractivity contribution in [3.63, 3.8) is 0 Å². The number of hydrogen-bond acceptors (Lipinski definition) is 2. The monoisotopic (exact) mass is 254 g/mol. The van der Waals surface area contributed by atoms with Gasteiger partial charge in [0.05, 0.1) is 5.69 Å². The van der Waals surface area contributed by atoms with E-state index in [1.807, 2.05) is 24.3 Å². The van der Waals surface area contributed by atoms with E-state index >= 15 is 0 Å². The van der Waals surface area contributed by atoms with Gasteiger partial charge in [-0.15, -0.1) is 0 Å². The molecule has 1 aromatic rings. The largest absolute Gasteiger partial charge is 0.303 e. The molecule has 0 aromatic heterocycles. The van der Waals surface area contributed by atoms with Crippen molar-refractivity contribution in [3.05, 3.63) is 29.8 Å². The van der Waals surface area contributed by atoms with Gasteiger partial charge in [0, 0.05) is 20.6 Å². The van der Waals surface area contributed by atoms with Crippen molar-refractivity contribution in [2.45, 2.75) is 13.3 Å². The van der Waals surface area contributed by atoms with Crippen LogP contribution in [0.1, 0.15) is 12.5 Å². The summed E-state index contributed by atoms with van der Waals surface area (Å²) < 4.78 is 27.3. The molecule has 94 valence electrons. The zero-order chi connectivity index (χ0) is 12.6. The number of hydrogen-bond donors (Lipinski definition) is 0. The van der Waals surface area contributed by atoms with E-state index in [9.17, 15) is 8.42 Å². The topological polar surface area (TPSA) is 40.6 Å². The molecule has 0 aliphatic carbocycles. The average molecular weight is 254 g/mol. The zero-order valence-electron chi connectivity index (χ0n) is 10.4. The number of para-hydroxylation sites is 1. The molecule has 1 aromatic carbocycles. The fourth-order valence-electron chi connectivity index (χ4n) is 2.16. The second-order valence-corrected chi connectivity index (χ2v) is 6.83. The van der Waals surface area contributed by atoms with Gasteiger partial charge in [-0.25, -0.2) is 0 Å². The van der Waals surface area contributed by atoms with Crippen LogP contribution in [0.4, 0.5) is 5.69 Å². The highest BCUT2D eigenvalue weighted by Gasteiger charge is 2.31. The van der Waals surface area contributed by atoms with Crippen LogP contribution in [0, 0.1) is 5.92 Å². The Morgan fingerprint density at radius 2 is 1.94 bits per heavy atom. The highest BCUT2D eigenvalue weighted by atomic mass is 32.2. The quantitative estimate of drug-likeness (QED) is 0.802. The molecule has 1 heterocycles. The lowest BCUT2D eigenvalue weighted by Crippen LogP contribution is -2.45. The van der Waals surface area contributed by atoms with Crippen LogP contribution in [0.5, 0.6) is 0 Å². The SMILES string of the molecule is CC1Cc2ccccc2N(S(=O)(=O)N(C)C)C1. The van der Waals surface area contributed by atoms with Crippen molar-refractivity contribution in [2.24, 2.45) is 5.92 Å². The van der Waals surface area contributed by atoms with Gasteiger partial charge in [-0.3, -0.25) is 4.31 Å². The van der Waals surface area contributed by atoms with Crippen LogP contribution in [0.15, 0.2) is 24.3 Å². The Balaban J connectivity index is 2.50. The average Bonchev–Trinajstić information content (AvgIpc) is 2.27. The predicted molar refractivity (Wildman–Crippen MR) is 69.3 cm³/mol. The number of nitrogens with zero attached hydrogens (tertiary/aromatic N) is 2. The maximum atomic E-state index is 12.2. The number of rotatable bonds is 2. The molecule has 1 aliphatic rings. The number of anilines is 1. The highest BCUT2D eigenvalue weighted by molar-refractivity contribution is 7.90. The van der Waals surface area contributed by atoms with Crippen molar-refractivity contribution in [1.82, 2.24) is 4.31 Å². The van der Waals surface area contributed by atoms with Gasteiger partial charge in [0.15, 0.2) is 0 Å². The van der Waals surface area contributed by atoms with E-state index in [-0.39, 0.29) is 0 Å². The van der Waals surface area contributed by atoms with E-state index in [2.05, 4.69) is 6.92 Å². The van der Waals surface area contributed by atoms with Gasteiger partial charge in [-0.1, -0.05) is 25.1 Å². The van der Waals surface area contributed by atoms with E-state index < -0.39 is 10.2 Å². The Labute approximate surface area is 103 Å². The zero-order valence-corrected chi connectivity index (χ0v) is 11.2. The van der Waals surface area contributed by atoms with Crippen molar-refractivity contribution < 1.29 is 8.42 Å². The fraction of sp³-hybridized carbons (Fsp3) is 0.500. The first-order valence-electron chi connectivity index (χ1n) is 5.71. The van der Waals surface area contributed by atoms with Crippen LogP contribution in [0.25, 0.3) is 0 Å². The fourth-order valence-corrected chi connectivity index (χ4v) is 3.43. The molecule has 2 rings (SSSR count). The summed E-state index contributed by atoms with van der Waals surface area (Å²) in [6.45, 7) is 2.63. The van der Waals surface area contributed by atoms with Crippen LogP contribution < -0.4 is 4.31 Å². The lowest BCUT2D eigenvalue weighted by Gasteiger charge is -2.35. The standard InChI is InChI=1S/C12H18N2O2S/c1-10-8-11-6-4-5-7-12(11)14(9-10)17(15,16)13(2)3/h4-7,10H,8-9H2,1-3H3. The van der Waals surface area contributed by atoms with E-state index in [0.717, 1.165) is 17.7 Å². The smallest absolute Gasteiger partial charge is 0.257 e. The van der Waals surface area contributed by atoms with Gasteiger partial charge in [0.2, 0.25) is 0 Å². The van der Waals surface area contributed by atoms with Crippen LogP contribution in [-0.4, -0.2) is 33.4 Å². The molecule has 0 saturated carbocycles. The normalized spacial score (nSPS) is 20.5. The Hall–Kier alpha value is -1.07. The van der Waals surface area contributed by atoms with Crippen molar-refractivity contribution >= 4 is 15.9 Å². The third-order valence-corrected chi connectivity index (χ3v) is 4.87. The highest BCUT2D eigenvalue weighted by Crippen LogP contribution is 2.31. The summed E-state index contributed by atoms with van der Waals surface area (Å²) in [4.78, 5) is 0. The van der Waals surface area contributed by atoms with Crippen LogP contribution >= 0.6 is 0 Å². The summed E-state index contributed by atoms with van der Waals surface area (Å²) in [7, 11) is -0.246. The third kappa shape index (κ3) is 2.17. The minimum absolute atomic E-state index is 0.347. The summed E-state index contributed by atoms with van der Waals surface area (Å²) in [6.07, 6.45) is 0.940. The summed E-state index contributed by atoms with van der Waals surface area (Å²) in [5.74, 6) is 0.347. The van der Waals surface area contributed by atoms with Crippen molar-refractivity contribution in [3.8, 4) is 0 Å². The van der Waals surface area contributed by atoms with Crippen LogP contribution in [-0.2, 0) is 16.6 Å². The van der Waals surface area contributed by atoms with Gasteiger partial charge in [0.25, 0.3) is 0 Å². The van der Waals surface area contributed by atoms with Gasteiger partial charge < -0.3 is 0 Å². The molecule has 0 saturated heterocycles. The second kappa shape index (κ2) is 4.31. The molecular formula is C12H18N2O2S. The number of fused-ring (bicyclic) bond motifs is 1. The molecular weight excluding hydrogens is 236 g/mol. The lowest BCUT2D eigenvalue weighted by molar-refractivity contribution is 0.496. The summed E-state index contributed by atoms with van der Waals surface area (Å²) >= 11 is 0. The predicted octanol–water partition coefficient (Wildman–Crippen LogP) is 1.49. The van der Waals surface area contributed by atoms with E-state index in [4.69, 9.17) is 0 Å². The number of benzene rings is 1. The Kier molecular flexibility index (Phi) is 3.14. The molecule has 1 atom stereocenters.